The van der Waals surface area contributed by atoms with E-state index in [1.807, 2.05) is 35.0 Å². The van der Waals surface area contributed by atoms with E-state index in [1.54, 1.807) is 45.7 Å². The minimum Gasteiger partial charge on any atom is -0.468 e. The molecule has 128 valence electrons. The maximum atomic E-state index is 12.8. The molecule has 1 aliphatic heterocycles. The summed E-state index contributed by atoms with van der Waals surface area (Å²) in [7, 11) is 0. The van der Waals surface area contributed by atoms with Crippen molar-refractivity contribution in [3.63, 3.8) is 0 Å². The van der Waals surface area contributed by atoms with E-state index in [-0.39, 0.29) is 11.9 Å². The number of rotatable bonds is 6. The number of furan rings is 1. The molecule has 0 fully saturated rings. The molecule has 7 heteroatoms. The predicted octanol–water partition coefficient (Wildman–Crippen LogP) is 5.01. The van der Waals surface area contributed by atoms with Crippen LogP contribution >= 0.6 is 34.4 Å². The van der Waals surface area contributed by atoms with Gasteiger partial charge in [0.05, 0.1) is 34.4 Å². The first-order chi connectivity index (χ1) is 12.3. The second-order valence-electron chi connectivity index (χ2n) is 5.57. The van der Waals surface area contributed by atoms with Gasteiger partial charge in [-0.1, -0.05) is 12.1 Å². The molecule has 3 aromatic heterocycles. The van der Waals surface area contributed by atoms with E-state index in [9.17, 15) is 4.79 Å². The Kier molecular flexibility index (Phi) is 5.05. The third-order valence-corrected chi connectivity index (χ3v) is 6.73. The zero-order valence-corrected chi connectivity index (χ0v) is 15.8. The SMILES string of the molecule is O=C(CSCc1ccco1)N1N=C(c2cccs2)CC1c1cccs1. The third kappa shape index (κ3) is 3.73. The second kappa shape index (κ2) is 7.59. The van der Waals surface area contributed by atoms with Crippen LogP contribution in [-0.2, 0) is 10.5 Å². The first-order valence-corrected chi connectivity index (χ1v) is 10.8. The number of carbonyl (C=O) groups is 1. The zero-order valence-electron chi connectivity index (χ0n) is 13.3. The average Bonchev–Trinajstić information content (AvgIpc) is 3.42. The van der Waals surface area contributed by atoms with Crippen LogP contribution in [0.1, 0.15) is 28.0 Å². The van der Waals surface area contributed by atoms with Crippen LogP contribution in [0, 0.1) is 0 Å². The first kappa shape index (κ1) is 16.6. The minimum absolute atomic E-state index is 0.00816. The van der Waals surface area contributed by atoms with Crippen LogP contribution in [-0.4, -0.2) is 22.4 Å². The van der Waals surface area contributed by atoms with E-state index in [2.05, 4.69) is 17.2 Å². The Morgan fingerprint density at radius 1 is 1.24 bits per heavy atom. The molecule has 25 heavy (non-hydrogen) atoms. The fourth-order valence-corrected chi connectivity index (χ4v) is 5.04. The lowest BCUT2D eigenvalue weighted by Gasteiger charge is -2.20. The van der Waals surface area contributed by atoms with Crippen LogP contribution in [0.2, 0.25) is 0 Å². The Labute approximate surface area is 158 Å². The number of amides is 1. The quantitative estimate of drug-likeness (QED) is 0.596. The molecule has 3 aromatic rings. The van der Waals surface area contributed by atoms with Crippen LogP contribution in [0.4, 0.5) is 0 Å². The summed E-state index contributed by atoms with van der Waals surface area (Å²) in [5, 5.41) is 10.4. The molecule has 4 heterocycles. The van der Waals surface area contributed by atoms with Crippen molar-refractivity contribution < 1.29 is 9.21 Å². The van der Waals surface area contributed by atoms with Crippen LogP contribution in [0.15, 0.2) is 62.9 Å². The molecule has 0 spiro atoms. The van der Waals surface area contributed by atoms with E-state index in [4.69, 9.17) is 4.42 Å². The van der Waals surface area contributed by atoms with E-state index in [0.717, 1.165) is 22.8 Å². The van der Waals surface area contributed by atoms with Crippen molar-refractivity contribution in [3.8, 4) is 0 Å². The number of nitrogens with zero attached hydrogens (tertiary/aromatic N) is 2. The van der Waals surface area contributed by atoms with Crippen molar-refractivity contribution in [2.75, 3.05) is 5.75 Å². The van der Waals surface area contributed by atoms with Crippen LogP contribution in [0.3, 0.4) is 0 Å². The van der Waals surface area contributed by atoms with Gasteiger partial charge in [-0.25, -0.2) is 5.01 Å². The summed E-state index contributed by atoms with van der Waals surface area (Å²) in [5.74, 6) is 2.01. The summed E-state index contributed by atoms with van der Waals surface area (Å²) >= 11 is 4.90. The summed E-state index contributed by atoms with van der Waals surface area (Å²) in [6, 6.07) is 12.0. The molecule has 0 aliphatic carbocycles. The Bertz CT molecular complexity index is 839. The molecule has 0 saturated heterocycles. The van der Waals surface area contributed by atoms with Crippen LogP contribution < -0.4 is 0 Å². The van der Waals surface area contributed by atoms with Crippen molar-refractivity contribution in [2.45, 2.75) is 18.2 Å². The second-order valence-corrected chi connectivity index (χ2v) is 8.48. The monoisotopic (exact) mass is 388 g/mol. The Morgan fingerprint density at radius 3 is 2.84 bits per heavy atom. The van der Waals surface area contributed by atoms with Gasteiger partial charge in [-0.2, -0.15) is 5.10 Å². The Hall–Kier alpha value is -1.83. The highest BCUT2D eigenvalue weighted by molar-refractivity contribution is 7.99. The van der Waals surface area contributed by atoms with Crippen molar-refractivity contribution >= 4 is 46.1 Å². The number of thioether (sulfide) groups is 1. The lowest BCUT2D eigenvalue weighted by atomic mass is 10.1. The molecule has 4 nitrogen and oxygen atoms in total. The Balaban J connectivity index is 1.48. The number of hydrogen-bond donors (Lipinski definition) is 0. The van der Waals surface area contributed by atoms with Gasteiger partial charge in [0.15, 0.2) is 0 Å². The average molecular weight is 389 g/mol. The highest BCUT2D eigenvalue weighted by Gasteiger charge is 2.33. The molecule has 1 amide bonds. The molecule has 0 radical (unpaired) electrons. The van der Waals surface area contributed by atoms with E-state index >= 15 is 0 Å². The van der Waals surface area contributed by atoms with Crippen molar-refractivity contribution in [1.82, 2.24) is 5.01 Å². The summed E-state index contributed by atoms with van der Waals surface area (Å²) in [5.41, 5.74) is 0.998. The van der Waals surface area contributed by atoms with Crippen LogP contribution in [0.5, 0.6) is 0 Å². The van der Waals surface area contributed by atoms with Crippen molar-refractivity contribution in [3.05, 3.63) is 68.9 Å². The predicted molar refractivity (Wildman–Crippen MR) is 104 cm³/mol. The van der Waals surface area contributed by atoms with E-state index in [1.165, 1.54) is 4.88 Å². The van der Waals surface area contributed by atoms with E-state index in [0.29, 0.717) is 11.5 Å². The number of hydrogen-bond acceptors (Lipinski definition) is 6. The fourth-order valence-electron chi connectivity index (χ4n) is 2.73. The summed E-state index contributed by atoms with van der Waals surface area (Å²) in [6.07, 6.45) is 2.43. The molecular formula is C18H16N2O2S3. The maximum absolute atomic E-state index is 12.8. The van der Waals surface area contributed by atoms with Crippen LogP contribution in [0.25, 0.3) is 0 Å². The van der Waals surface area contributed by atoms with E-state index < -0.39 is 0 Å². The maximum Gasteiger partial charge on any atom is 0.253 e. The molecule has 1 atom stereocenters. The number of carbonyl (C=O) groups excluding carboxylic acids is 1. The zero-order chi connectivity index (χ0) is 17.1. The molecule has 0 bridgehead atoms. The van der Waals surface area contributed by atoms with Crippen molar-refractivity contribution in [2.24, 2.45) is 5.10 Å². The highest BCUT2D eigenvalue weighted by atomic mass is 32.2. The van der Waals surface area contributed by atoms with Gasteiger partial charge >= 0.3 is 0 Å². The number of thiophene rings is 2. The Morgan fingerprint density at radius 2 is 2.12 bits per heavy atom. The largest absolute Gasteiger partial charge is 0.468 e. The lowest BCUT2D eigenvalue weighted by Crippen LogP contribution is -2.28. The smallest absolute Gasteiger partial charge is 0.253 e. The minimum atomic E-state index is 0.00816. The number of hydrazone groups is 1. The molecule has 1 unspecified atom stereocenters. The normalized spacial score (nSPS) is 17.0. The molecule has 1 aliphatic rings. The molecule has 4 rings (SSSR count). The molecule has 0 aromatic carbocycles. The van der Waals surface area contributed by atoms with Gasteiger partial charge in [-0.3, -0.25) is 4.79 Å². The van der Waals surface area contributed by atoms with Crippen molar-refractivity contribution in [1.29, 1.82) is 0 Å². The highest BCUT2D eigenvalue weighted by Crippen LogP contribution is 2.36. The molecule has 0 saturated carbocycles. The van der Waals surface area contributed by atoms with Gasteiger partial charge in [-0.15, -0.1) is 34.4 Å². The third-order valence-electron chi connectivity index (χ3n) is 3.89. The first-order valence-electron chi connectivity index (χ1n) is 7.88. The summed E-state index contributed by atoms with van der Waals surface area (Å²) < 4.78 is 5.32. The van der Waals surface area contributed by atoms with Gasteiger partial charge in [-0.05, 0) is 35.0 Å². The van der Waals surface area contributed by atoms with Gasteiger partial charge in [0.1, 0.15) is 5.76 Å². The summed E-state index contributed by atoms with van der Waals surface area (Å²) in [4.78, 5) is 15.1. The van der Waals surface area contributed by atoms with Gasteiger partial charge in [0, 0.05) is 11.3 Å². The lowest BCUT2D eigenvalue weighted by molar-refractivity contribution is -0.130. The molecule has 0 N–H and O–H groups in total. The standard InChI is InChI=1S/C18H16N2O2S3/c21-18(12-23-11-13-4-1-7-22-13)20-15(17-6-3-9-25-17)10-14(19-20)16-5-2-8-24-16/h1-9,15H,10-12H2. The fraction of sp³-hybridized carbons (Fsp3) is 0.222. The summed E-state index contributed by atoms with van der Waals surface area (Å²) in [6.45, 7) is 0. The topological polar surface area (TPSA) is 45.8 Å². The van der Waals surface area contributed by atoms with Gasteiger partial charge in [0.2, 0.25) is 0 Å². The van der Waals surface area contributed by atoms with Gasteiger partial charge in [0.25, 0.3) is 5.91 Å². The molecular weight excluding hydrogens is 372 g/mol. The van der Waals surface area contributed by atoms with Gasteiger partial charge < -0.3 is 4.42 Å².